The zero-order valence-corrected chi connectivity index (χ0v) is 14.6. The molecule has 2 N–H and O–H groups in total. The lowest BCUT2D eigenvalue weighted by Crippen LogP contribution is -2.39. The van der Waals surface area contributed by atoms with Gasteiger partial charge in [0.05, 0.1) is 12.6 Å². The maximum Gasteiger partial charge on any atom is 0.224 e. The first-order valence-electron chi connectivity index (χ1n) is 8.62. The molecule has 0 spiro atoms. The van der Waals surface area contributed by atoms with E-state index in [0.717, 1.165) is 18.8 Å². The van der Waals surface area contributed by atoms with Crippen LogP contribution < -0.4 is 10.2 Å². The van der Waals surface area contributed by atoms with Crippen LogP contribution in [-0.4, -0.2) is 33.8 Å². The minimum Gasteiger partial charge on any atom is -0.394 e. The van der Waals surface area contributed by atoms with Gasteiger partial charge in [0.25, 0.3) is 0 Å². The number of aliphatic hydroxyl groups is 1. The first kappa shape index (κ1) is 16.7. The lowest BCUT2D eigenvalue weighted by atomic mass is 9.95. The summed E-state index contributed by atoms with van der Waals surface area (Å²) >= 11 is 0. The smallest absolute Gasteiger partial charge is 0.224 e. The molecule has 0 unspecified atom stereocenters. The molecule has 0 bridgehead atoms. The molecule has 1 aromatic carbocycles. The minimum atomic E-state index is -0.0419. The van der Waals surface area contributed by atoms with Crippen LogP contribution in [0.1, 0.15) is 31.9 Å². The lowest BCUT2D eigenvalue weighted by Gasteiger charge is -2.36. The van der Waals surface area contributed by atoms with Crippen molar-refractivity contribution in [3.8, 4) is 0 Å². The van der Waals surface area contributed by atoms with Crippen LogP contribution >= 0.6 is 0 Å². The zero-order valence-electron chi connectivity index (χ0n) is 14.6. The molecule has 2 aromatic rings. The van der Waals surface area contributed by atoms with Crippen molar-refractivity contribution in [3.63, 3.8) is 0 Å². The Morgan fingerprint density at radius 2 is 2.00 bits per heavy atom. The molecule has 1 aromatic heterocycles. The van der Waals surface area contributed by atoms with Gasteiger partial charge in [0, 0.05) is 18.8 Å². The van der Waals surface area contributed by atoms with Gasteiger partial charge < -0.3 is 15.3 Å². The Hall–Kier alpha value is -2.14. The first-order valence-corrected chi connectivity index (χ1v) is 8.62. The van der Waals surface area contributed by atoms with Crippen molar-refractivity contribution >= 4 is 11.8 Å². The molecule has 24 heavy (non-hydrogen) atoms. The van der Waals surface area contributed by atoms with Crippen LogP contribution in [0.15, 0.2) is 36.5 Å². The molecule has 2 atom stereocenters. The number of rotatable bonds is 5. The maximum atomic E-state index is 9.50. The van der Waals surface area contributed by atoms with E-state index in [1.165, 1.54) is 11.1 Å². The van der Waals surface area contributed by atoms with E-state index < -0.39 is 0 Å². The number of nitrogens with zero attached hydrogens (tertiary/aromatic N) is 3. The van der Waals surface area contributed by atoms with Crippen molar-refractivity contribution in [2.75, 3.05) is 16.8 Å². The van der Waals surface area contributed by atoms with Crippen LogP contribution in [-0.2, 0) is 13.0 Å². The van der Waals surface area contributed by atoms with Crippen molar-refractivity contribution in [1.29, 1.82) is 0 Å². The highest BCUT2D eigenvalue weighted by atomic mass is 16.3. The highest BCUT2D eigenvalue weighted by Gasteiger charge is 2.24. The van der Waals surface area contributed by atoms with E-state index in [2.05, 4.69) is 65.2 Å². The summed E-state index contributed by atoms with van der Waals surface area (Å²) in [6.45, 7) is 7.30. The highest BCUT2D eigenvalue weighted by Crippen LogP contribution is 2.27. The molecule has 0 radical (unpaired) electrons. The number of hydrogen-bond acceptors (Lipinski definition) is 5. The Kier molecular flexibility index (Phi) is 5.00. The Labute approximate surface area is 143 Å². The fourth-order valence-electron chi connectivity index (χ4n) is 3.15. The van der Waals surface area contributed by atoms with Gasteiger partial charge in [0.2, 0.25) is 5.95 Å². The topological polar surface area (TPSA) is 61.3 Å². The van der Waals surface area contributed by atoms with Gasteiger partial charge in [-0.1, -0.05) is 38.1 Å². The molecule has 1 aliphatic heterocycles. The highest BCUT2D eigenvalue weighted by molar-refractivity contribution is 5.48. The van der Waals surface area contributed by atoms with Crippen LogP contribution in [0, 0.1) is 5.92 Å². The number of aliphatic hydroxyl groups excluding tert-OH is 1. The summed E-state index contributed by atoms with van der Waals surface area (Å²) < 4.78 is 0. The molecule has 2 heterocycles. The molecular weight excluding hydrogens is 300 g/mol. The standard InChI is InChI=1S/C19H26N4O/c1-13(2)17(12-24)21-19-20-9-8-18(22-19)23-11-16-7-5-4-6-15(16)10-14(23)3/h4-9,13-14,17,24H,10-12H2,1-3H3,(H,20,21,22)/t14-,17+/m0/s1. The molecule has 1 aliphatic rings. The average Bonchev–Trinajstić information content (AvgIpc) is 2.59. The average molecular weight is 326 g/mol. The molecule has 0 saturated carbocycles. The third-order valence-electron chi connectivity index (χ3n) is 4.76. The Balaban J connectivity index is 1.81. The van der Waals surface area contributed by atoms with E-state index >= 15 is 0 Å². The summed E-state index contributed by atoms with van der Waals surface area (Å²) in [4.78, 5) is 11.3. The Morgan fingerprint density at radius 3 is 2.71 bits per heavy atom. The number of aromatic nitrogens is 2. The molecule has 5 heteroatoms. The molecule has 3 rings (SSSR count). The van der Waals surface area contributed by atoms with Crippen LogP contribution in [0.4, 0.5) is 11.8 Å². The third kappa shape index (κ3) is 3.51. The lowest BCUT2D eigenvalue weighted by molar-refractivity contribution is 0.248. The van der Waals surface area contributed by atoms with Gasteiger partial charge in [-0.3, -0.25) is 0 Å². The molecule has 0 aliphatic carbocycles. The zero-order chi connectivity index (χ0) is 17.1. The molecular formula is C19H26N4O. The predicted molar refractivity (Wildman–Crippen MR) is 97.2 cm³/mol. The van der Waals surface area contributed by atoms with Gasteiger partial charge >= 0.3 is 0 Å². The fraction of sp³-hybridized carbons (Fsp3) is 0.474. The predicted octanol–water partition coefficient (Wildman–Crippen LogP) is 2.86. The monoisotopic (exact) mass is 326 g/mol. The van der Waals surface area contributed by atoms with Gasteiger partial charge in [-0.25, -0.2) is 4.98 Å². The van der Waals surface area contributed by atoms with E-state index in [4.69, 9.17) is 0 Å². The van der Waals surface area contributed by atoms with Crippen LogP contribution in [0.5, 0.6) is 0 Å². The summed E-state index contributed by atoms with van der Waals surface area (Å²) in [5, 5.41) is 12.7. The Morgan fingerprint density at radius 1 is 1.25 bits per heavy atom. The number of benzene rings is 1. The summed E-state index contributed by atoms with van der Waals surface area (Å²) in [6, 6.07) is 10.9. The summed E-state index contributed by atoms with van der Waals surface area (Å²) in [5.41, 5.74) is 2.79. The van der Waals surface area contributed by atoms with Gasteiger partial charge in [0.1, 0.15) is 5.82 Å². The second kappa shape index (κ2) is 7.18. The number of anilines is 2. The number of nitrogens with one attached hydrogen (secondary N) is 1. The van der Waals surface area contributed by atoms with E-state index in [0.29, 0.717) is 17.9 Å². The van der Waals surface area contributed by atoms with Crippen molar-refractivity contribution in [2.24, 2.45) is 5.92 Å². The maximum absolute atomic E-state index is 9.50. The van der Waals surface area contributed by atoms with E-state index in [1.807, 2.05) is 6.07 Å². The van der Waals surface area contributed by atoms with Crippen LogP contribution in [0.2, 0.25) is 0 Å². The van der Waals surface area contributed by atoms with Crippen molar-refractivity contribution in [1.82, 2.24) is 9.97 Å². The quantitative estimate of drug-likeness (QED) is 0.885. The SMILES string of the molecule is CC(C)[C@@H](CO)Nc1nccc(N2Cc3ccccc3C[C@@H]2C)n1. The second-order valence-corrected chi connectivity index (χ2v) is 6.87. The van der Waals surface area contributed by atoms with Gasteiger partial charge in [0.15, 0.2) is 0 Å². The van der Waals surface area contributed by atoms with E-state index in [-0.39, 0.29) is 12.6 Å². The Bertz CT molecular complexity index is 689. The molecule has 0 saturated heterocycles. The van der Waals surface area contributed by atoms with Crippen molar-refractivity contribution in [2.45, 2.75) is 45.8 Å². The largest absolute Gasteiger partial charge is 0.394 e. The van der Waals surface area contributed by atoms with Crippen LogP contribution in [0.25, 0.3) is 0 Å². The summed E-state index contributed by atoms with van der Waals surface area (Å²) in [5.74, 6) is 1.81. The summed E-state index contributed by atoms with van der Waals surface area (Å²) in [7, 11) is 0. The normalized spacial score (nSPS) is 18.4. The minimum absolute atomic E-state index is 0.0419. The van der Waals surface area contributed by atoms with Crippen LogP contribution in [0.3, 0.4) is 0 Å². The number of fused-ring (bicyclic) bond motifs is 1. The fourth-order valence-corrected chi connectivity index (χ4v) is 3.15. The van der Waals surface area contributed by atoms with E-state index in [9.17, 15) is 5.11 Å². The molecule has 128 valence electrons. The van der Waals surface area contributed by atoms with Gasteiger partial charge in [-0.15, -0.1) is 0 Å². The van der Waals surface area contributed by atoms with Gasteiger partial charge in [-0.2, -0.15) is 4.98 Å². The second-order valence-electron chi connectivity index (χ2n) is 6.87. The van der Waals surface area contributed by atoms with Crippen molar-refractivity contribution < 1.29 is 5.11 Å². The van der Waals surface area contributed by atoms with Gasteiger partial charge in [-0.05, 0) is 36.5 Å². The number of hydrogen-bond donors (Lipinski definition) is 2. The summed E-state index contributed by atoms with van der Waals surface area (Å²) in [6.07, 6.45) is 2.81. The molecule has 5 nitrogen and oxygen atoms in total. The third-order valence-corrected chi connectivity index (χ3v) is 4.76. The molecule has 0 fully saturated rings. The van der Waals surface area contributed by atoms with Crippen molar-refractivity contribution in [3.05, 3.63) is 47.7 Å². The first-order chi connectivity index (χ1) is 11.6. The molecule has 0 amide bonds. The van der Waals surface area contributed by atoms with E-state index in [1.54, 1.807) is 6.20 Å².